The first kappa shape index (κ1) is 16.9. The molecule has 3 aromatic carbocycles. The Morgan fingerprint density at radius 1 is 0.880 bits per heavy atom. The molecule has 3 rings (SSSR count). The summed E-state index contributed by atoms with van der Waals surface area (Å²) in [6.45, 7) is 0. The quantitative estimate of drug-likeness (QED) is 0.437. The van der Waals surface area contributed by atoms with E-state index in [9.17, 15) is 9.18 Å². The van der Waals surface area contributed by atoms with Crippen LogP contribution in [-0.4, -0.2) is 6.29 Å². The SMILES string of the molecule is O=Cc1ccc(/C=C/c2cccc(Cl)c2)cc1Nc1ccc(F)cc1. The number of benzene rings is 3. The van der Waals surface area contributed by atoms with Crippen LogP contribution in [0.25, 0.3) is 12.2 Å². The van der Waals surface area contributed by atoms with Crippen LogP contribution in [0.1, 0.15) is 21.5 Å². The molecule has 0 bridgehead atoms. The van der Waals surface area contributed by atoms with Gasteiger partial charge in [0.25, 0.3) is 0 Å². The van der Waals surface area contributed by atoms with Gasteiger partial charge in [0, 0.05) is 22.0 Å². The van der Waals surface area contributed by atoms with E-state index in [-0.39, 0.29) is 5.82 Å². The zero-order chi connectivity index (χ0) is 17.6. The molecule has 0 aliphatic carbocycles. The predicted octanol–water partition coefficient (Wildman–Crippen LogP) is 6.21. The van der Waals surface area contributed by atoms with Gasteiger partial charge in [-0.2, -0.15) is 0 Å². The highest BCUT2D eigenvalue weighted by Gasteiger charge is 2.03. The van der Waals surface area contributed by atoms with Crippen LogP contribution < -0.4 is 5.32 Å². The Morgan fingerprint density at radius 2 is 1.60 bits per heavy atom. The van der Waals surface area contributed by atoms with E-state index in [2.05, 4.69) is 5.32 Å². The molecule has 0 aliphatic heterocycles. The molecule has 2 nitrogen and oxygen atoms in total. The van der Waals surface area contributed by atoms with Gasteiger partial charge in [-0.3, -0.25) is 4.79 Å². The van der Waals surface area contributed by atoms with E-state index >= 15 is 0 Å². The standard InChI is InChI=1S/C21H15ClFNO/c22-18-3-1-2-15(12-18)4-5-16-6-7-17(14-25)21(13-16)24-20-10-8-19(23)9-11-20/h1-14,24H/b5-4+. The topological polar surface area (TPSA) is 29.1 Å². The minimum Gasteiger partial charge on any atom is -0.355 e. The van der Waals surface area contributed by atoms with Crippen LogP contribution in [0.3, 0.4) is 0 Å². The van der Waals surface area contributed by atoms with Crippen molar-refractivity contribution in [1.29, 1.82) is 0 Å². The molecular formula is C21H15ClFNO. The van der Waals surface area contributed by atoms with Crippen molar-refractivity contribution in [2.24, 2.45) is 0 Å². The van der Waals surface area contributed by atoms with Gasteiger partial charge in [-0.25, -0.2) is 4.39 Å². The monoisotopic (exact) mass is 351 g/mol. The zero-order valence-electron chi connectivity index (χ0n) is 13.2. The minimum absolute atomic E-state index is 0.306. The van der Waals surface area contributed by atoms with E-state index in [4.69, 9.17) is 11.6 Å². The molecule has 25 heavy (non-hydrogen) atoms. The summed E-state index contributed by atoms with van der Waals surface area (Å²) >= 11 is 5.98. The highest BCUT2D eigenvalue weighted by atomic mass is 35.5. The molecule has 0 saturated carbocycles. The van der Waals surface area contributed by atoms with Crippen molar-refractivity contribution in [3.05, 3.63) is 94.3 Å². The number of carbonyl (C=O) groups is 1. The molecule has 0 radical (unpaired) electrons. The average molecular weight is 352 g/mol. The smallest absolute Gasteiger partial charge is 0.152 e. The average Bonchev–Trinajstić information content (AvgIpc) is 2.62. The summed E-state index contributed by atoms with van der Waals surface area (Å²) in [5.74, 6) is -0.306. The second kappa shape index (κ2) is 7.77. The molecule has 4 heteroatoms. The maximum atomic E-state index is 13.0. The van der Waals surface area contributed by atoms with Gasteiger partial charge in [0.05, 0.1) is 0 Å². The molecule has 3 aromatic rings. The number of hydrogen-bond acceptors (Lipinski definition) is 2. The van der Waals surface area contributed by atoms with Crippen molar-refractivity contribution in [3.63, 3.8) is 0 Å². The lowest BCUT2D eigenvalue weighted by Crippen LogP contribution is -1.96. The van der Waals surface area contributed by atoms with Crippen LogP contribution in [0.5, 0.6) is 0 Å². The third-order valence-electron chi connectivity index (χ3n) is 3.64. The third-order valence-corrected chi connectivity index (χ3v) is 3.88. The van der Waals surface area contributed by atoms with Crippen molar-refractivity contribution in [3.8, 4) is 0 Å². The second-order valence-electron chi connectivity index (χ2n) is 5.48. The number of aldehydes is 1. The Kier molecular flexibility index (Phi) is 5.26. The number of nitrogens with one attached hydrogen (secondary N) is 1. The van der Waals surface area contributed by atoms with Gasteiger partial charge >= 0.3 is 0 Å². The summed E-state index contributed by atoms with van der Waals surface area (Å²) < 4.78 is 13.0. The van der Waals surface area contributed by atoms with E-state index in [0.29, 0.717) is 22.0 Å². The first-order chi connectivity index (χ1) is 12.1. The van der Waals surface area contributed by atoms with Gasteiger partial charge in [0.2, 0.25) is 0 Å². The van der Waals surface area contributed by atoms with Gasteiger partial charge in [-0.15, -0.1) is 0 Å². The summed E-state index contributed by atoms with van der Waals surface area (Å²) in [6, 6.07) is 19.0. The first-order valence-electron chi connectivity index (χ1n) is 7.69. The van der Waals surface area contributed by atoms with Crippen molar-refractivity contribution in [2.45, 2.75) is 0 Å². The van der Waals surface area contributed by atoms with Gasteiger partial charge in [0.1, 0.15) is 5.82 Å². The second-order valence-corrected chi connectivity index (χ2v) is 5.92. The van der Waals surface area contributed by atoms with E-state index in [1.54, 1.807) is 18.2 Å². The molecule has 0 amide bonds. The Hall–Kier alpha value is -2.91. The fourth-order valence-corrected chi connectivity index (χ4v) is 2.58. The largest absolute Gasteiger partial charge is 0.355 e. The molecule has 124 valence electrons. The third kappa shape index (κ3) is 4.55. The van der Waals surface area contributed by atoms with E-state index in [1.165, 1.54) is 12.1 Å². The van der Waals surface area contributed by atoms with Gasteiger partial charge in [0.15, 0.2) is 6.29 Å². The van der Waals surface area contributed by atoms with Crippen LogP contribution in [0.15, 0.2) is 66.7 Å². The van der Waals surface area contributed by atoms with E-state index in [1.807, 2.05) is 48.6 Å². The first-order valence-corrected chi connectivity index (χ1v) is 8.07. The van der Waals surface area contributed by atoms with Crippen LogP contribution >= 0.6 is 11.6 Å². The highest BCUT2D eigenvalue weighted by molar-refractivity contribution is 6.30. The summed E-state index contributed by atoms with van der Waals surface area (Å²) in [6.07, 6.45) is 4.68. The predicted molar refractivity (Wildman–Crippen MR) is 102 cm³/mol. The molecular weight excluding hydrogens is 337 g/mol. The summed E-state index contributed by atoms with van der Waals surface area (Å²) in [4.78, 5) is 11.3. The van der Waals surface area contributed by atoms with E-state index < -0.39 is 0 Å². The lowest BCUT2D eigenvalue weighted by molar-refractivity contribution is 0.112. The fraction of sp³-hybridized carbons (Fsp3) is 0. The van der Waals surface area contributed by atoms with Crippen molar-refractivity contribution < 1.29 is 9.18 Å². The minimum atomic E-state index is -0.306. The molecule has 0 aliphatic rings. The number of halogens is 2. The van der Waals surface area contributed by atoms with Crippen LogP contribution in [0.2, 0.25) is 5.02 Å². The summed E-state index contributed by atoms with van der Waals surface area (Å²) in [5.41, 5.74) is 3.81. The lowest BCUT2D eigenvalue weighted by atomic mass is 10.1. The normalized spacial score (nSPS) is 10.8. The molecule has 0 atom stereocenters. The maximum absolute atomic E-state index is 13.0. The number of rotatable bonds is 5. The van der Waals surface area contributed by atoms with Gasteiger partial charge < -0.3 is 5.32 Å². The Morgan fingerprint density at radius 3 is 2.28 bits per heavy atom. The van der Waals surface area contributed by atoms with Crippen LogP contribution in [-0.2, 0) is 0 Å². The zero-order valence-corrected chi connectivity index (χ0v) is 14.0. The van der Waals surface area contributed by atoms with Gasteiger partial charge in [-0.05, 0) is 59.7 Å². The molecule has 0 aromatic heterocycles. The number of carbonyl (C=O) groups excluding carboxylic acids is 1. The molecule has 0 fully saturated rings. The molecule has 0 unspecified atom stereocenters. The van der Waals surface area contributed by atoms with Crippen molar-refractivity contribution >= 4 is 41.4 Å². The lowest BCUT2D eigenvalue weighted by Gasteiger charge is -2.10. The number of anilines is 2. The summed E-state index contributed by atoms with van der Waals surface area (Å²) in [5, 5.41) is 3.82. The van der Waals surface area contributed by atoms with Crippen LogP contribution in [0.4, 0.5) is 15.8 Å². The molecule has 0 saturated heterocycles. The Bertz CT molecular complexity index is 919. The van der Waals surface area contributed by atoms with Crippen molar-refractivity contribution in [1.82, 2.24) is 0 Å². The Labute approximate surface area is 150 Å². The highest BCUT2D eigenvalue weighted by Crippen LogP contribution is 2.23. The van der Waals surface area contributed by atoms with Crippen LogP contribution in [0, 0.1) is 5.82 Å². The molecule has 0 spiro atoms. The summed E-state index contributed by atoms with van der Waals surface area (Å²) in [7, 11) is 0. The Balaban J connectivity index is 1.86. The van der Waals surface area contributed by atoms with Gasteiger partial charge in [-0.1, -0.05) is 42.0 Å². The molecule has 0 heterocycles. The maximum Gasteiger partial charge on any atom is 0.152 e. The number of hydrogen-bond donors (Lipinski definition) is 1. The van der Waals surface area contributed by atoms with Crippen molar-refractivity contribution in [2.75, 3.05) is 5.32 Å². The molecule has 1 N–H and O–H groups in total. The fourth-order valence-electron chi connectivity index (χ4n) is 2.38. The van der Waals surface area contributed by atoms with E-state index in [0.717, 1.165) is 17.4 Å².